The molecule has 0 aromatic heterocycles. The molecule has 1 heterocycles. The molecule has 8 heteroatoms. The molecular formula is C20H23NO5S2. The summed E-state index contributed by atoms with van der Waals surface area (Å²) < 4.78 is 16.4. The minimum absolute atomic E-state index is 0.0452. The topological polar surface area (TPSA) is 65.1 Å². The second kappa shape index (κ2) is 9.43. The largest absolute Gasteiger partial charge is 0.497 e. The molecule has 1 aliphatic heterocycles. The van der Waals surface area contributed by atoms with Crippen LogP contribution in [0.1, 0.15) is 37.7 Å². The molecule has 1 amide bonds. The molecular weight excluding hydrogens is 398 g/mol. The van der Waals surface area contributed by atoms with Crippen LogP contribution in [0.2, 0.25) is 0 Å². The molecule has 0 radical (unpaired) electrons. The third kappa shape index (κ3) is 4.86. The van der Waals surface area contributed by atoms with Crippen LogP contribution in [0.4, 0.5) is 0 Å². The zero-order valence-corrected chi connectivity index (χ0v) is 17.6. The summed E-state index contributed by atoms with van der Waals surface area (Å²) in [6.45, 7) is -0.159. The lowest BCUT2D eigenvalue weighted by molar-refractivity contribution is -0.152. The molecule has 2 aliphatic rings. The monoisotopic (exact) mass is 421 g/mol. The van der Waals surface area contributed by atoms with Gasteiger partial charge in [-0.2, -0.15) is 0 Å². The summed E-state index contributed by atoms with van der Waals surface area (Å²) in [4.78, 5) is 26.8. The second-order valence-electron chi connectivity index (χ2n) is 6.63. The first kappa shape index (κ1) is 20.7. The number of thiocarbonyl (C=S) groups is 1. The number of benzene rings is 1. The van der Waals surface area contributed by atoms with E-state index in [2.05, 4.69) is 0 Å². The third-order valence-electron chi connectivity index (χ3n) is 4.73. The highest BCUT2D eigenvalue weighted by molar-refractivity contribution is 8.26. The molecule has 0 bridgehead atoms. The number of hydrogen-bond donors (Lipinski definition) is 0. The van der Waals surface area contributed by atoms with E-state index in [9.17, 15) is 9.59 Å². The summed E-state index contributed by atoms with van der Waals surface area (Å²) in [5.41, 5.74) is 0.701. The first-order valence-electron chi connectivity index (χ1n) is 9.18. The Bertz CT molecular complexity index is 802. The van der Waals surface area contributed by atoms with Gasteiger partial charge in [-0.15, -0.1) is 0 Å². The Kier molecular flexibility index (Phi) is 6.96. The molecule has 1 aliphatic carbocycles. The van der Waals surface area contributed by atoms with Gasteiger partial charge in [0.25, 0.3) is 5.91 Å². The van der Waals surface area contributed by atoms with Crippen molar-refractivity contribution in [3.05, 3.63) is 28.7 Å². The fourth-order valence-corrected chi connectivity index (χ4v) is 4.51. The van der Waals surface area contributed by atoms with Crippen LogP contribution >= 0.6 is 24.0 Å². The molecule has 0 unspecified atom stereocenters. The summed E-state index contributed by atoms with van der Waals surface area (Å²) in [5.74, 6) is 0.547. The van der Waals surface area contributed by atoms with Gasteiger partial charge in [0.2, 0.25) is 0 Å². The van der Waals surface area contributed by atoms with E-state index in [0.717, 1.165) is 37.4 Å². The van der Waals surface area contributed by atoms with Crippen molar-refractivity contribution < 1.29 is 23.8 Å². The van der Waals surface area contributed by atoms with Gasteiger partial charge in [0, 0.05) is 5.56 Å². The van der Waals surface area contributed by atoms with E-state index in [-0.39, 0.29) is 18.6 Å². The maximum atomic E-state index is 12.8. The van der Waals surface area contributed by atoms with Gasteiger partial charge in [0.1, 0.15) is 28.5 Å². The van der Waals surface area contributed by atoms with Gasteiger partial charge in [0.05, 0.1) is 19.1 Å². The molecule has 1 saturated carbocycles. The van der Waals surface area contributed by atoms with Crippen molar-refractivity contribution in [2.24, 2.45) is 0 Å². The molecule has 2 fully saturated rings. The van der Waals surface area contributed by atoms with Crippen molar-refractivity contribution in [1.29, 1.82) is 0 Å². The van der Waals surface area contributed by atoms with Crippen molar-refractivity contribution in [3.8, 4) is 11.5 Å². The SMILES string of the molecule is COc1ccc(OC)c(/C=C2\SC(=S)N(CC(=O)OC3CCCCC3)C2=O)c1. The lowest BCUT2D eigenvalue weighted by Gasteiger charge is -2.23. The highest BCUT2D eigenvalue weighted by atomic mass is 32.2. The normalized spacial score (nSPS) is 19.2. The summed E-state index contributed by atoms with van der Waals surface area (Å²) in [7, 11) is 3.13. The van der Waals surface area contributed by atoms with Crippen LogP contribution in [-0.2, 0) is 14.3 Å². The third-order valence-corrected chi connectivity index (χ3v) is 6.11. The fraction of sp³-hybridized carbons (Fsp3) is 0.450. The molecule has 6 nitrogen and oxygen atoms in total. The Morgan fingerprint density at radius 2 is 2.00 bits per heavy atom. The number of ether oxygens (including phenoxy) is 3. The number of carbonyl (C=O) groups is 2. The molecule has 150 valence electrons. The number of thioether (sulfide) groups is 1. The molecule has 0 atom stereocenters. The van der Waals surface area contributed by atoms with Gasteiger partial charge in [-0.1, -0.05) is 30.4 Å². The summed E-state index contributed by atoms with van der Waals surface area (Å²) in [6, 6.07) is 5.33. The maximum absolute atomic E-state index is 12.8. The Morgan fingerprint density at radius 3 is 2.68 bits per heavy atom. The molecule has 0 spiro atoms. The molecule has 1 saturated heterocycles. The smallest absolute Gasteiger partial charge is 0.326 e. The summed E-state index contributed by atoms with van der Waals surface area (Å²) in [5, 5.41) is 0. The van der Waals surface area contributed by atoms with Crippen LogP contribution in [-0.4, -0.2) is 48.0 Å². The highest BCUT2D eigenvalue weighted by Crippen LogP contribution is 2.35. The minimum Gasteiger partial charge on any atom is -0.497 e. The van der Waals surface area contributed by atoms with E-state index in [1.807, 2.05) is 0 Å². The Labute approximate surface area is 174 Å². The predicted octanol–water partition coefficient (Wildman–Crippen LogP) is 3.78. The average Bonchev–Trinajstić information content (AvgIpc) is 2.96. The minimum atomic E-state index is -0.414. The van der Waals surface area contributed by atoms with Crippen molar-refractivity contribution in [2.45, 2.75) is 38.2 Å². The number of rotatable bonds is 6. The van der Waals surface area contributed by atoms with Gasteiger partial charge in [-0.05, 0) is 50.0 Å². The standard InChI is InChI=1S/C20H23NO5S2/c1-24-15-8-9-16(25-2)13(10-15)11-17-19(23)21(20(27)28-17)12-18(22)26-14-6-4-3-5-7-14/h8-11,14H,3-7,12H2,1-2H3/b17-11-. The van der Waals surface area contributed by atoms with E-state index in [1.54, 1.807) is 38.5 Å². The summed E-state index contributed by atoms with van der Waals surface area (Å²) >= 11 is 6.47. The molecule has 1 aromatic carbocycles. The Morgan fingerprint density at radius 1 is 1.25 bits per heavy atom. The van der Waals surface area contributed by atoms with Gasteiger partial charge in [-0.25, -0.2) is 0 Å². The highest BCUT2D eigenvalue weighted by Gasteiger charge is 2.34. The van der Waals surface area contributed by atoms with Gasteiger partial charge in [0.15, 0.2) is 0 Å². The second-order valence-corrected chi connectivity index (χ2v) is 8.30. The molecule has 3 rings (SSSR count). The lowest BCUT2D eigenvalue weighted by atomic mass is 9.98. The zero-order valence-electron chi connectivity index (χ0n) is 15.9. The van der Waals surface area contributed by atoms with Crippen LogP contribution in [0.15, 0.2) is 23.1 Å². The fourth-order valence-electron chi connectivity index (χ4n) is 3.26. The maximum Gasteiger partial charge on any atom is 0.326 e. The number of carbonyl (C=O) groups excluding carboxylic acids is 2. The van der Waals surface area contributed by atoms with Crippen LogP contribution in [0.5, 0.6) is 11.5 Å². The Hall–Kier alpha value is -2.06. The summed E-state index contributed by atoms with van der Waals surface area (Å²) in [6.07, 6.45) is 6.76. The Balaban J connectivity index is 1.71. The number of esters is 1. The van der Waals surface area contributed by atoms with Crippen LogP contribution < -0.4 is 9.47 Å². The van der Waals surface area contributed by atoms with Crippen LogP contribution in [0.3, 0.4) is 0 Å². The van der Waals surface area contributed by atoms with Crippen LogP contribution in [0.25, 0.3) is 6.08 Å². The van der Waals surface area contributed by atoms with Gasteiger partial charge < -0.3 is 14.2 Å². The van der Waals surface area contributed by atoms with E-state index in [4.69, 9.17) is 26.4 Å². The number of amides is 1. The van der Waals surface area contributed by atoms with Crippen molar-refractivity contribution >= 4 is 46.3 Å². The quantitative estimate of drug-likeness (QED) is 0.393. The number of nitrogens with zero attached hydrogens (tertiary/aromatic N) is 1. The van der Waals surface area contributed by atoms with Crippen LogP contribution in [0, 0.1) is 0 Å². The van der Waals surface area contributed by atoms with E-state index in [1.165, 1.54) is 11.3 Å². The van der Waals surface area contributed by atoms with E-state index in [0.29, 0.717) is 26.3 Å². The van der Waals surface area contributed by atoms with E-state index < -0.39 is 5.97 Å². The molecule has 28 heavy (non-hydrogen) atoms. The first-order valence-corrected chi connectivity index (χ1v) is 10.4. The average molecular weight is 422 g/mol. The predicted molar refractivity (Wildman–Crippen MR) is 112 cm³/mol. The van der Waals surface area contributed by atoms with E-state index >= 15 is 0 Å². The molecule has 0 N–H and O–H groups in total. The number of hydrogen-bond acceptors (Lipinski definition) is 7. The first-order chi connectivity index (χ1) is 13.5. The van der Waals surface area contributed by atoms with Gasteiger partial charge >= 0.3 is 5.97 Å². The zero-order chi connectivity index (χ0) is 20.1. The number of methoxy groups -OCH3 is 2. The molecule has 1 aromatic rings. The van der Waals surface area contributed by atoms with Crippen molar-refractivity contribution in [2.75, 3.05) is 20.8 Å². The van der Waals surface area contributed by atoms with Crippen molar-refractivity contribution in [3.63, 3.8) is 0 Å². The van der Waals surface area contributed by atoms with Crippen molar-refractivity contribution in [1.82, 2.24) is 4.90 Å². The lowest BCUT2D eigenvalue weighted by Crippen LogP contribution is -2.36. The van der Waals surface area contributed by atoms with Gasteiger partial charge in [-0.3, -0.25) is 14.5 Å².